The third-order valence-electron chi connectivity index (χ3n) is 2.81. The average Bonchev–Trinajstić information content (AvgIpc) is 3.14. The molecular weight excluding hydrogens is 262 g/mol. The van der Waals surface area contributed by atoms with Crippen molar-refractivity contribution in [2.24, 2.45) is 5.92 Å². The van der Waals surface area contributed by atoms with Crippen LogP contribution in [0.25, 0.3) is 0 Å². The molecule has 0 bridgehead atoms. The second-order valence-corrected chi connectivity index (χ2v) is 5.98. The SMILES string of the molecule is COC(=O)[C@@H](CCC(=O)OC(C)(C)C)NC(=O)C1CC1. The predicted octanol–water partition coefficient (Wildman–Crippen LogP) is 1.18. The van der Waals surface area contributed by atoms with Gasteiger partial charge in [0.05, 0.1) is 7.11 Å². The molecule has 0 aromatic rings. The van der Waals surface area contributed by atoms with Crippen molar-refractivity contribution in [3.05, 3.63) is 0 Å². The van der Waals surface area contributed by atoms with Crippen molar-refractivity contribution in [3.63, 3.8) is 0 Å². The van der Waals surface area contributed by atoms with Gasteiger partial charge in [-0.05, 0) is 40.0 Å². The number of carbonyl (C=O) groups is 3. The zero-order chi connectivity index (χ0) is 15.3. The molecule has 1 amide bonds. The van der Waals surface area contributed by atoms with Crippen LogP contribution in [0.1, 0.15) is 46.5 Å². The summed E-state index contributed by atoms with van der Waals surface area (Å²) in [5.74, 6) is -1.08. The summed E-state index contributed by atoms with van der Waals surface area (Å²) in [4.78, 5) is 34.9. The fourth-order valence-corrected chi connectivity index (χ4v) is 1.68. The molecule has 0 radical (unpaired) electrons. The van der Waals surface area contributed by atoms with Crippen molar-refractivity contribution in [1.82, 2.24) is 5.32 Å². The van der Waals surface area contributed by atoms with Crippen LogP contribution in [0.3, 0.4) is 0 Å². The Kier molecular flexibility index (Phi) is 5.53. The zero-order valence-corrected chi connectivity index (χ0v) is 12.5. The van der Waals surface area contributed by atoms with Crippen LogP contribution in [0, 0.1) is 5.92 Å². The number of hydrogen-bond donors (Lipinski definition) is 1. The molecule has 1 fully saturated rings. The minimum absolute atomic E-state index is 0.00341. The van der Waals surface area contributed by atoms with Crippen LogP contribution in [0.5, 0.6) is 0 Å². The lowest BCUT2D eigenvalue weighted by atomic mass is 10.1. The molecule has 0 aliphatic heterocycles. The molecule has 0 aromatic carbocycles. The standard InChI is InChI=1S/C14H23NO5/c1-14(2,3)20-11(16)8-7-10(13(18)19-4)15-12(17)9-5-6-9/h9-10H,5-8H2,1-4H3,(H,15,17)/t10-/m1/s1. The van der Waals surface area contributed by atoms with Gasteiger partial charge in [0.1, 0.15) is 11.6 Å². The smallest absolute Gasteiger partial charge is 0.328 e. The summed E-state index contributed by atoms with van der Waals surface area (Å²) in [5.41, 5.74) is -0.560. The van der Waals surface area contributed by atoms with Gasteiger partial charge in [-0.25, -0.2) is 4.79 Å². The molecule has 6 heteroatoms. The highest BCUT2D eigenvalue weighted by molar-refractivity contribution is 5.87. The van der Waals surface area contributed by atoms with Crippen LogP contribution in [0.4, 0.5) is 0 Å². The van der Waals surface area contributed by atoms with Gasteiger partial charge in [-0.3, -0.25) is 9.59 Å². The quantitative estimate of drug-likeness (QED) is 0.741. The Labute approximate surface area is 119 Å². The van der Waals surface area contributed by atoms with E-state index in [0.717, 1.165) is 12.8 Å². The molecule has 1 aliphatic carbocycles. The van der Waals surface area contributed by atoms with Crippen LogP contribution in [-0.4, -0.2) is 36.6 Å². The van der Waals surface area contributed by atoms with E-state index in [9.17, 15) is 14.4 Å². The van der Waals surface area contributed by atoms with E-state index in [4.69, 9.17) is 4.74 Å². The number of esters is 2. The first-order valence-corrected chi connectivity index (χ1v) is 6.83. The number of ether oxygens (including phenoxy) is 2. The van der Waals surface area contributed by atoms with Crippen LogP contribution in [0.15, 0.2) is 0 Å². The number of rotatable bonds is 6. The molecule has 0 spiro atoms. The van der Waals surface area contributed by atoms with Gasteiger partial charge in [0.25, 0.3) is 0 Å². The third-order valence-corrected chi connectivity index (χ3v) is 2.81. The van der Waals surface area contributed by atoms with Gasteiger partial charge < -0.3 is 14.8 Å². The van der Waals surface area contributed by atoms with Crippen molar-refractivity contribution < 1.29 is 23.9 Å². The normalized spacial score (nSPS) is 16.2. The highest BCUT2D eigenvalue weighted by Gasteiger charge is 2.33. The molecular formula is C14H23NO5. The van der Waals surface area contributed by atoms with E-state index in [1.165, 1.54) is 7.11 Å². The van der Waals surface area contributed by atoms with Crippen LogP contribution in [0.2, 0.25) is 0 Å². The minimum atomic E-state index is -0.791. The van der Waals surface area contributed by atoms with Crippen molar-refractivity contribution >= 4 is 17.8 Å². The molecule has 1 N–H and O–H groups in total. The maximum Gasteiger partial charge on any atom is 0.328 e. The van der Waals surface area contributed by atoms with E-state index < -0.39 is 23.6 Å². The molecule has 0 saturated heterocycles. The van der Waals surface area contributed by atoms with E-state index in [0.29, 0.717) is 0 Å². The van der Waals surface area contributed by atoms with E-state index in [1.807, 2.05) is 0 Å². The third kappa shape index (κ3) is 6.04. The molecule has 20 heavy (non-hydrogen) atoms. The van der Waals surface area contributed by atoms with Gasteiger partial charge in [0.15, 0.2) is 0 Å². The molecule has 0 aromatic heterocycles. The number of methoxy groups -OCH3 is 1. The maximum atomic E-state index is 11.7. The van der Waals surface area contributed by atoms with Crippen molar-refractivity contribution in [2.45, 2.75) is 58.1 Å². The van der Waals surface area contributed by atoms with E-state index in [1.54, 1.807) is 20.8 Å². The second kappa shape index (κ2) is 6.72. The number of hydrogen-bond acceptors (Lipinski definition) is 5. The van der Waals surface area contributed by atoms with Gasteiger partial charge in [-0.2, -0.15) is 0 Å². The summed E-state index contributed by atoms with van der Waals surface area (Å²) in [7, 11) is 1.26. The molecule has 1 atom stereocenters. The molecule has 1 rings (SSSR count). The van der Waals surface area contributed by atoms with Crippen LogP contribution >= 0.6 is 0 Å². The predicted molar refractivity (Wildman–Crippen MR) is 71.7 cm³/mol. The fourth-order valence-electron chi connectivity index (χ4n) is 1.68. The lowest BCUT2D eigenvalue weighted by molar-refractivity contribution is -0.155. The molecule has 0 heterocycles. The zero-order valence-electron chi connectivity index (χ0n) is 12.5. The maximum absolute atomic E-state index is 11.7. The summed E-state index contributed by atoms with van der Waals surface area (Å²) in [6.45, 7) is 5.33. The highest BCUT2D eigenvalue weighted by Crippen LogP contribution is 2.29. The van der Waals surface area contributed by atoms with Gasteiger partial charge in [-0.1, -0.05) is 0 Å². The first-order valence-electron chi connectivity index (χ1n) is 6.83. The lowest BCUT2D eigenvalue weighted by Gasteiger charge is -2.21. The Hall–Kier alpha value is -1.59. The summed E-state index contributed by atoms with van der Waals surface area (Å²) in [5, 5.41) is 2.63. The van der Waals surface area contributed by atoms with E-state index >= 15 is 0 Å². The van der Waals surface area contributed by atoms with Crippen LogP contribution < -0.4 is 5.32 Å². The number of carbonyl (C=O) groups excluding carboxylic acids is 3. The van der Waals surface area contributed by atoms with Crippen LogP contribution in [-0.2, 0) is 23.9 Å². The Morgan fingerprint density at radius 3 is 2.30 bits per heavy atom. The van der Waals surface area contributed by atoms with Crippen molar-refractivity contribution in [2.75, 3.05) is 7.11 Å². The lowest BCUT2D eigenvalue weighted by Crippen LogP contribution is -2.42. The van der Waals surface area contributed by atoms with Gasteiger partial charge >= 0.3 is 11.9 Å². The van der Waals surface area contributed by atoms with Crippen molar-refractivity contribution in [3.8, 4) is 0 Å². The minimum Gasteiger partial charge on any atom is -0.467 e. The Bertz CT molecular complexity index is 382. The molecule has 1 aliphatic rings. The molecule has 114 valence electrons. The summed E-state index contributed by atoms with van der Waals surface area (Å²) < 4.78 is 9.80. The van der Waals surface area contributed by atoms with Gasteiger partial charge in [-0.15, -0.1) is 0 Å². The monoisotopic (exact) mass is 285 g/mol. The van der Waals surface area contributed by atoms with E-state index in [-0.39, 0.29) is 24.7 Å². The topological polar surface area (TPSA) is 81.7 Å². The molecule has 6 nitrogen and oxygen atoms in total. The fraction of sp³-hybridized carbons (Fsp3) is 0.786. The number of nitrogens with one attached hydrogen (secondary N) is 1. The average molecular weight is 285 g/mol. The Morgan fingerprint density at radius 1 is 1.25 bits per heavy atom. The number of amides is 1. The summed E-state index contributed by atoms with van der Waals surface area (Å²) in [6.07, 6.45) is 1.94. The first-order chi connectivity index (χ1) is 9.23. The summed E-state index contributed by atoms with van der Waals surface area (Å²) in [6, 6.07) is -0.791. The second-order valence-electron chi connectivity index (χ2n) is 5.98. The Morgan fingerprint density at radius 2 is 1.85 bits per heavy atom. The van der Waals surface area contributed by atoms with Crippen molar-refractivity contribution in [1.29, 1.82) is 0 Å². The Balaban J connectivity index is 2.45. The van der Waals surface area contributed by atoms with Gasteiger partial charge in [0.2, 0.25) is 5.91 Å². The molecule has 1 saturated carbocycles. The molecule has 0 unspecified atom stereocenters. The summed E-state index contributed by atoms with van der Waals surface area (Å²) >= 11 is 0. The largest absolute Gasteiger partial charge is 0.467 e. The first kappa shape index (κ1) is 16.5. The van der Waals surface area contributed by atoms with Gasteiger partial charge in [0, 0.05) is 12.3 Å². The van der Waals surface area contributed by atoms with E-state index in [2.05, 4.69) is 10.1 Å². The highest BCUT2D eigenvalue weighted by atomic mass is 16.6.